The fourth-order valence-corrected chi connectivity index (χ4v) is 3.70. The number of aryl methyl sites for hydroxylation is 1. The number of imidazole rings is 1. The zero-order valence-electron chi connectivity index (χ0n) is 13.1. The van der Waals surface area contributed by atoms with E-state index in [0.717, 1.165) is 24.4 Å². The Balaban J connectivity index is 2.03. The van der Waals surface area contributed by atoms with Crippen molar-refractivity contribution >= 4 is 22.6 Å². The fourth-order valence-electron chi connectivity index (χ4n) is 3.53. The summed E-state index contributed by atoms with van der Waals surface area (Å²) in [5, 5.41) is -0.0618. The third-order valence-electron chi connectivity index (χ3n) is 4.66. The molecule has 1 saturated heterocycles. The topological polar surface area (TPSA) is 21.1 Å². The molecule has 1 aliphatic rings. The molecule has 0 saturated carbocycles. The number of halogens is 1. The average molecular weight is 306 g/mol. The predicted molar refractivity (Wildman–Crippen MR) is 89.0 cm³/mol. The van der Waals surface area contributed by atoms with Gasteiger partial charge >= 0.3 is 0 Å². The van der Waals surface area contributed by atoms with E-state index in [2.05, 4.69) is 41.5 Å². The molecule has 2 heterocycles. The van der Waals surface area contributed by atoms with Crippen LogP contribution in [0.5, 0.6) is 0 Å². The molecule has 4 heteroatoms. The van der Waals surface area contributed by atoms with Crippen molar-refractivity contribution in [1.82, 2.24) is 14.5 Å². The first-order chi connectivity index (χ1) is 10.1. The molecule has 3 nitrogen and oxygen atoms in total. The van der Waals surface area contributed by atoms with E-state index in [-0.39, 0.29) is 5.38 Å². The highest BCUT2D eigenvalue weighted by Gasteiger charge is 2.26. The molecule has 0 amide bonds. The molecular formula is C17H24ClN3. The lowest BCUT2D eigenvalue weighted by Gasteiger charge is -2.24. The van der Waals surface area contributed by atoms with Crippen LogP contribution in [0.15, 0.2) is 18.2 Å². The summed E-state index contributed by atoms with van der Waals surface area (Å²) < 4.78 is 2.35. The van der Waals surface area contributed by atoms with Crippen LogP contribution in [0.3, 0.4) is 0 Å². The van der Waals surface area contributed by atoms with Crippen LogP contribution >= 0.6 is 11.6 Å². The second kappa shape index (κ2) is 5.98. The van der Waals surface area contributed by atoms with Gasteiger partial charge in [-0.15, -0.1) is 11.6 Å². The lowest BCUT2D eigenvalue weighted by Crippen LogP contribution is -2.33. The van der Waals surface area contributed by atoms with E-state index in [9.17, 15) is 0 Å². The molecule has 1 aliphatic heterocycles. The van der Waals surface area contributed by atoms with E-state index >= 15 is 0 Å². The Morgan fingerprint density at radius 2 is 2.24 bits per heavy atom. The van der Waals surface area contributed by atoms with Crippen LogP contribution in [0.4, 0.5) is 0 Å². The van der Waals surface area contributed by atoms with Crippen molar-refractivity contribution in [1.29, 1.82) is 0 Å². The number of hydrogen-bond acceptors (Lipinski definition) is 2. The standard InChI is InChI=1S/C17H24ClN3/c1-4-20-10-6-8-14(20)11-21-15-9-5-7-12(2)16(15)19-17(21)13(3)18/h5,7,9,13-14H,4,6,8,10-11H2,1-3H3. The molecule has 0 spiro atoms. The van der Waals surface area contributed by atoms with Gasteiger partial charge in [0, 0.05) is 12.6 Å². The number of alkyl halides is 1. The highest BCUT2D eigenvalue weighted by Crippen LogP contribution is 2.28. The van der Waals surface area contributed by atoms with Gasteiger partial charge in [0.2, 0.25) is 0 Å². The fraction of sp³-hybridized carbons (Fsp3) is 0.588. The Labute approximate surface area is 131 Å². The van der Waals surface area contributed by atoms with Crippen LogP contribution in [0.25, 0.3) is 11.0 Å². The molecule has 1 fully saturated rings. The lowest BCUT2D eigenvalue weighted by molar-refractivity contribution is 0.244. The summed E-state index contributed by atoms with van der Waals surface area (Å²) in [5.41, 5.74) is 3.55. The molecular weight excluding hydrogens is 282 g/mol. The van der Waals surface area contributed by atoms with Gasteiger partial charge < -0.3 is 4.57 Å². The smallest absolute Gasteiger partial charge is 0.127 e. The minimum Gasteiger partial charge on any atom is -0.325 e. The van der Waals surface area contributed by atoms with Gasteiger partial charge in [-0.05, 0) is 51.4 Å². The summed E-state index contributed by atoms with van der Waals surface area (Å²) >= 11 is 6.39. The van der Waals surface area contributed by atoms with E-state index in [1.54, 1.807) is 0 Å². The maximum atomic E-state index is 6.39. The number of rotatable bonds is 4. The Morgan fingerprint density at radius 3 is 2.95 bits per heavy atom. The molecule has 2 atom stereocenters. The molecule has 0 N–H and O–H groups in total. The molecule has 2 aromatic rings. The third-order valence-corrected chi connectivity index (χ3v) is 4.86. The first-order valence-electron chi connectivity index (χ1n) is 7.95. The Kier molecular flexibility index (Phi) is 4.23. The molecule has 1 aromatic carbocycles. The summed E-state index contributed by atoms with van der Waals surface area (Å²) in [6.07, 6.45) is 2.57. The summed E-state index contributed by atoms with van der Waals surface area (Å²) in [6, 6.07) is 7.02. The first-order valence-corrected chi connectivity index (χ1v) is 8.39. The van der Waals surface area contributed by atoms with E-state index in [1.807, 2.05) is 6.92 Å². The van der Waals surface area contributed by atoms with Gasteiger partial charge in [0.05, 0.1) is 16.4 Å². The third kappa shape index (κ3) is 2.69. The Hall–Kier alpha value is -1.06. The van der Waals surface area contributed by atoms with Crippen LogP contribution in [0.1, 0.15) is 43.5 Å². The number of aromatic nitrogens is 2. The largest absolute Gasteiger partial charge is 0.325 e. The quantitative estimate of drug-likeness (QED) is 0.792. The van der Waals surface area contributed by atoms with Crippen molar-refractivity contribution in [2.45, 2.75) is 51.6 Å². The molecule has 1 aromatic heterocycles. The van der Waals surface area contributed by atoms with E-state index < -0.39 is 0 Å². The van der Waals surface area contributed by atoms with E-state index in [0.29, 0.717) is 6.04 Å². The summed E-state index contributed by atoms with van der Waals surface area (Å²) in [5.74, 6) is 1.00. The van der Waals surface area contributed by atoms with Crippen LogP contribution < -0.4 is 0 Å². The number of likely N-dealkylation sites (tertiary alicyclic amines) is 1. The highest BCUT2D eigenvalue weighted by atomic mass is 35.5. The zero-order valence-corrected chi connectivity index (χ0v) is 13.9. The van der Waals surface area contributed by atoms with Crippen LogP contribution in [0.2, 0.25) is 0 Å². The van der Waals surface area contributed by atoms with Crippen molar-refractivity contribution in [3.05, 3.63) is 29.6 Å². The minimum atomic E-state index is -0.0618. The minimum absolute atomic E-state index is 0.0618. The molecule has 114 valence electrons. The number of fused-ring (bicyclic) bond motifs is 1. The van der Waals surface area contributed by atoms with Crippen molar-refractivity contribution in [3.8, 4) is 0 Å². The van der Waals surface area contributed by atoms with Gasteiger partial charge in [-0.1, -0.05) is 19.1 Å². The highest BCUT2D eigenvalue weighted by molar-refractivity contribution is 6.20. The van der Waals surface area contributed by atoms with Crippen molar-refractivity contribution in [3.63, 3.8) is 0 Å². The maximum absolute atomic E-state index is 6.39. The van der Waals surface area contributed by atoms with Crippen LogP contribution in [-0.4, -0.2) is 33.6 Å². The van der Waals surface area contributed by atoms with Crippen molar-refractivity contribution in [2.75, 3.05) is 13.1 Å². The first kappa shape index (κ1) is 14.9. The zero-order chi connectivity index (χ0) is 15.0. The molecule has 0 aliphatic carbocycles. The van der Waals surface area contributed by atoms with E-state index in [1.165, 1.54) is 30.5 Å². The number of nitrogens with zero attached hydrogens (tertiary/aromatic N) is 3. The SMILES string of the molecule is CCN1CCCC1Cn1c(C(C)Cl)nc2c(C)cccc21. The van der Waals surface area contributed by atoms with Gasteiger partial charge in [0.1, 0.15) is 5.82 Å². The average Bonchev–Trinajstić information content (AvgIpc) is 3.05. The summed E-state index contributed by atoms with van der Waals surface area (Å²) in [4.78, 5) is 7.39. The van der Waals surface area contributed by atoms with Crippen molar-refractivity contribution < 1.29 is 0 Å². The van der Waals surface area contributed by atoms with Gasteiger partial charge in [-0.2, -0.15) is 0 Å². The predicted octanol–water partition coefficient (Wildman–Crippen LogP) is 4.13. The Morgan fingerprint density at radius 1 is 1.43 bits per heavy atom. The Bertz CT molecular complexity index is 632. The molecule has 3 rings (SSSR count). The van der Waals surface area contributed by atoms with E-state index in [4.69, 9.17) is 16.6 Å². The number of likely N-dealkylation sites (N-methyl/N-ethyl adjacent to an activating group) is 1. The normalized spacial score (nSPS) is 21.2. The lowest BCUT2D eigenvalue weighted by atomic mass is 10.2. The number of hydrogen-bond donors (Lipinski definition) is 0. The molecule has 2 unspecified atom stereocenters. The van der Waals surface area contributed by atoms with Gasteiger partial charge in [0.15, 0.2) is 0 Å². The maximum Gasteiger partial charge on any atom is 0.127 e. The molecule has 0 radical (unpaired) electrons. The second-order valence-electron chi connectivity index (χ2n) is 6.06. The second-order valence-corrected chi connectivity index (χ2v) is 6.72. The summed E-state index contributed by atoms with van der Waals surface area (Å²) in [6.45, 7) is 9.73. The monoisotopic (exact) mass is 305 g/mol. The van der Waals surface area contributed by atoms with Crippen LogP contribution in [-0.2, 0) is 6.54 Å². The summed E-state index contributed by atoms with van der Waals surface area (Å²) in [7, 11) is 0. The van der Waals surface area contributed by atoms with Crippen LogP contribution in [0, 0.1) is 6.92 Å². The molecule has 21 heavy (non-hydrogen) atoms. The van der Waals surface area contributed by atoms with Gasteiger partial charge in [-0.25, -0.2) is 4.98 Å². The van der Waals surface area contributed by atoms with Gasteiger partial charge in [0.25, 0.3) is 0 Å². The molecule has 0 bridgehead atoms. The number of benzene rings is 1. The van der Waals surface area contributed by atoms with Gasteiger partial charge in [-0.3, -0.25) is 4.90 Å². The van der Waals surface area contributed by atoms with Crippen molar-refractivity contribution in [2.24, 2.45) is 0 Å². The number of para-hydroxylation sites is 1.